The van der Waals surface area contributed by atoms with Gasteiger partial charge in [-0.2, -0.15) is 0 Å². The van der Waals surface area contributed by atoms with Crippen molar-refractivity contribution < 1.29 is 27.9 Å². The van der Waals surface area contributed by atoms with Gasteiger partial charge in [-0.05, 0) is 72.9 Å². The number of para-hydroxylation sites is 1. The minimum atomic E-state index is -1.55. The van der Waals surface area contributed by atoms with Crippen LogP contribution in [0.25, 0.3) is 17.0 Å². The number of aliphatic carboxylic acids is 1. The average molecular weight is 541 g/mol. The average Bonchev–Trinajstić information content (AvgIpc) is 3.38. The van der Waals surface area contributed by atoms with Crippen molar-refractivity contribution in [1.82, 2.24) is 20.3 Å². The Kier molecular flexibility index (Phi) is 8.04. The lowest BCUT2D eigenvalue weighted by Gasteiger charge is -2.38. The minimum absolute atomic E-state index is 0.0400. The summed E-state index contributed by atoms with van der Waals surface area (Å²) in [6, 6.07) is 9.12. The number of amides is 1. The van der Waals surface area contributed by atoms with Crippen LogP contribution in [0.2, 0.25) is 0 Å². The van der Waals surface area contributed by atoms with Gasteiger partial charge in [0.25, 0.3) is 0 Å². The van der Waals surface area contributed by atoms with E-state index in [4.69, 9.17) is 0 Å². The summed E-state index contributed by atoms with van der Waals surface area (Å²) >= 11 is 0. The molecule has 0 spiro atoms. The first kappa shape index (κ1) is 27.0. The fourth-order valence-electron chi connectivity index (χ4n) is 5.71. The summed E-state index contributed by atoms with van der Waals surface area (Å²) in [5.41, 5.74) is 5.71. The summed E-state index contributed by atoms with van der Waals surface area (Å²) in [5, 5.41) is 13.2. The number of hydrogen-bond acceptors (Lipinski definition) is 4. The molecule has 39 heavy (non-hydrogen) atoms. The molecule has 0 bridgehead atoms. The van der Waals surface area contributed by atoms with Crippen LogP contribution >= 0.6 is 0 Å². The van der Waals surface area contributed by atoms with Crippen molar-refractivity contribution >= 4 is 28.9 Å². The van der Waals surface area contributed by atoms with Crippen molar-refractivity contribution in [2.75, 3.05) is 26.2 Å². The second kappa shape index (κ2) is 11.6. The number of nitrogens with zero attached hydrogens (tertiary/aromatic N) is 2. The summed E-state index contributed by atoms with van der Waals surface area (Å²) in [6.45, 7) is 2.21. The molecule has 10 heteroatoms. The standard InChI is InChI=1S/C29H31F3N4O3/c30-23-15-18(16-24(31)27(23)32)5-6-26(37)35-11-7-20(8-12-35)28(29(38)39)34-36-13-9-19(10-14-36)22-17-33-25-4-2-1-3-21(22)25/h1-6,15-17,19-20,28,33-34H,7-14H2,(H,38,39)/b6-5+. The number of likely N-dealkylation sites (tertiary alicyclic amines) is 1. The van der Waals surface area contributed by atoms with Gasteiger partial charge in [-0.3, -0.25) is 9.59 Å². The van der Waals surface area contributed by atoms with Crippen molar-refractivity contribution in [3.05, 3.63) is 77.2 Å². The van der Waals surface area contributed by atoms with E-state index >= 15 is 0 Å². The molecule has 1 atom stereocenters. The molecule has 2 saturated heterocycles. The van der Waals surface area contributed by atoms with Gasteiger partial charge in [-0.25, -0.2) is 23.6 Å². The summed E-state index contributed by atoms with van der Waals surface area (Å²) in [5.74, 6) is -5.21. The molecular formula is C29H31F3N4O3. The fourth-order valence-corrected chi connectivity index (χ4v) is 5.71. The lowest BCUT2D eigenvalue weighted by molar-refractivity contribution is -0.144. The van der Waals surface area contributed by atoms with E-state index in [2.05, 4.69) is 28.7 Å². The Morgan fingerprint density at radius 2 is 1.67 bits per heavy atom. The van der Waals surface area contributed by atoms with Crippen molar-refractivity contribution in [2.45, 2.75) is 37.6 Å². The highest BCUT2D eigenvalue weighted by atomic mass is 19.2. The van der Waals surface area contributed by atoms with E-state index in [-0.39, 0.29) is 17.4 Å². The van der Waals surface area contributed by atoms with Gasteiger partial charge < -0.3 is 15.0 Å². The number of carboxylic acids is 1. The number of carboxylic acid groups (broad SMARTS) is 1. The van der Waals surface area contributed by atoms with Crippen LogP contribution in [-0.4, -0.2) is 64.1 Å². The lowest BCUT2D eigenvalue weighted by atomic mass is 9.88. The SMILES string of the molecule is O=C(O)C(NN1CCC(c2c[nH]c3ccccc23)CC1)C1CCN(C(=O)/C=C/c2cc(F)c(F)c(F)c2)CC1. The van der Waals surface area contributed by atoms with Crippen LogP contribution in [0, 0.1) is 23.4 Å². The molecule has 0 radical (unpaired) electrons. The molecular weight excluding hydrogens is 509 g/mol. The first-order chi connectivity index (χ1) is 18.8. The molecule has 2 fully saturated rings. The molecule has 2 aliphatic rings. The van der Waals surface area contributed by atoms with Gasteiger partial charge in [0.1, 0.15) is 6.04 Å². The summed E-state index contributed by atoms with van der Waals surface area (Å²) in [4.78, 5) is 29.6. The Balaban J connectivity index is 1.13. The minimum Gasteiger partial charge on any atom is -0.480 e. The molecule has 2 aliphatic heterocycles. The number of aromatic nitrogens is 1. The van der Waals surface area contributed by atoms with Gasteiger partial charge in [-0.15, -0.1) is 0 Å². The maximum Gasteiger partial charge on any atom is 0.322 e. The summed E-state index contributed by atoms with van der Waals surface area (Å²) in [7, 11) is 0. The molecule has 3 N–H and O–H groups in total. The normalized spacial score (nSPS) is 18.7. The first-order valence-electron chi connectivity index (χ1n) is 13.2. The summed E-state index contributed by atoms with van der Waals surface area (Å²) < 4.78 is 39.9. The number of halogens is 3. The van der Waals surface area contributed by atoms with Gasteiger partial charge in [0, 0.05) is 49.4 Å². The molecule has 1 amide bonds. The van der Waals surface area contributed by atoms with Gasteiger partial charge in [-0.1, -0.05) is 18.2 Å². The first-order valence-corrected chi connectivity index (χ1v) is 13.2. The fraction of sp³-hybridized carbons (Fsp3) is 0.379. The third-order valence-electron chi connectivity index (χ3n) is 7.89. The predicted molar refractivity (Wildman–Crippen MR) is 141 cm³/mol. The molecule has 0 aliphatic carbocycles. The number of carbonyl (C=O) groups is 2. The third-order valence-corrected chi connectivity index (χ3v) is 7.89. The van der Waals surface area contributed by atoms with Crippen molar-refractivity contribution in [1.29, 1.82) is 0 Å². The van der Waals surface area contributed by atoms with E-state index in [1.165, 1.54) is 23.1 Å². The highest BCUT2D eigenvalue weighted by molar-refractivity contribution is 5.91. The molecule has 1 aromatic heterocycles. The second-order valence-electron chi connectivity index (χ2n) is 10.3. The Morgan fingerprint density at radius 3 is 2.33 bits per heavy atom. The van der Waals surface area contributed by atoms with E-state index in [1.807, 2.05) is 17.1 Å². The molecule has 206 valence electrons. The van der Waals surface area contributed by atoms with Crippen molar-refractivity contribution in [2.24, 2.45) is 5.92 Å². The van der Waals surface area contributed by atoms with Crippen LogP contribution in [0.15, 0.2) is 48.7 Å². The Labute approximate surface area is 224 Å². The highest BCUT2D eigenvalue weighted by Crippen LogP contribution is 2.33. The predicted octanol–water partition coefficient (Wildman–Crippen LogP) is 4.67. The highest BCUT2D eigenvalue weighted by Gasteiger charge is 2.34. The van der Waals surface area contributed by atoms with Crippen LogP contribution in [-0.2, 0) is 9.59 Å². The number of hydrogen-bond donors (Lipinski definition) is 3. The Hall–Kier alpha value is -3.63. The molecule has 3 heterocycles. The number of hydrazine groups is 1. The third kappa shape index (κ3) is 6.02. The van der Waals surface area contributed by atoms with E-state index in [0.717, 1.165) is 43.6 Å². The van der Waals surface area contributed by atoms with Gasteiger partial charge in [0.05, 0.1) is 0 Å². The number of H-pyrrole nitrogens is 1. The van der Waals surface area contributed by atoms with Crippen molar-refractivity contribution in [3.8, 4) is 0 Å². The van der Waals surface area contributed by atoms with Crippen LogP contribution in [0.5, 0.6) is 0 Å². The number of piperidine rings is 2. The quantitative estimate of drug-likeness (QED) is 0.299. The number of aromatic amines is 1. The summed E-state index contributed by atoms with van der Waals surface area (Å²) in [6.07, 6.45) is 7.37. The second-order valence-corrected chi connectivity index (χ2v) is 10.3. The number of carbonyl (C=O) groups excluding carboxylic acids is 1. The van der Waals surface area contributed by atoms with Crippen LogP contribution < -0.4 is 5.43 Å². The molecule has 5 rings (SSSR count). The number of benzene rings is 2. The zero-order chi connectivity index (χ0) is 27.5. The molecule has 1 unspecified atom stereocenters. The van der Waals surface area contributed by atoms with Crippen LogP contribution in [0.3, 0.4) is 0 Å². The van der Waals surface area contributed by atoms with Gasteiger partial charge in [0.2, 0.25) is 5.91 Å². The number of nitrogens with one attached hydrogen (secondary N) is 2. The van der Waals surface area contributed by atoms with Gasteiger partial charge in [0.15, 0.2) is 17.5 Å². The largest absolute Gasteiger partial charge is 0.480 e. The van der Waals surface area contributed by atoms with E-state index < -0.39 is 29.5 Å². The maximum atomic E-state index is 13.4. The zero-order valence-electron chi connectivity index (χ0n) is 21.4. The smallest absolute Gasteiger partial charge is 0.322 e. The van der Waals surface area contributed by atoms with E-state index in [9.17, 15) is 27.9 Å². The topological polar surface area (TPSA) is 88.7 Å². The Bertz CT molecular complexity index is 1350. The molecule has 7 nitrogen and oxygen atoms in total. The maximum absolute atomic E-state index is 13.4. The number of fused-ring (bicyclic) bond motifs is 1. The van der Waals surface area contributed by atoms with Gasteiger partial charge >= 0.3 is 5.97 Å². The molecule has 3 aromatic rings. The lowest BCUT2D eigenvalue weighted by Crippen LogP contribution is -2.55. The van der Waals surface area contributed by atoms with Crippen LogP contribution in [0.4, 0.5) is 13.2 Å². The Morgan fingerprint density at radius 1 is 1.00 bits per heavy atom. The molecule has 2 aromatic carbocycles. The number of rotatable bonds is 7. The van der Waals surface area contributed by atoms with Crippen LogP contribution in [0.1, 0.15) is 42.7 Å². The monoisotopic (exact) mass is 540 g/mol. The zero-order valence-corrected chi connectivity index (χ0v) is 21.4. The molecule has 0 saturated carbocycles. The van der Waals surface area contributed by atoms with Crippen molar-refractivity contribution in [3.63, 3.8) is 0 Å². The van der Waals surface area contributed by atoms with E-state index in [0.29, 0.717) is 31.8 Å². The van der Waals surface area contributed by atoms with E-state index in [1.54, 1.807) is 4.90 Å².